The standard InChI is InChI=1S/C12H9Cl2N5/c13-6-2-1-3-7(14)9(6)10-11(18-19-12(10)15)8-4-5-16-17-8/h1-5H,(H,16,17)(H3,15,18,19). The van der Waals surface area contributed by atoms with Crippen LogP contribution in [0.25, 0.3) is 22.5 Å². The lowest BCUT2D eigenvalue weighted by Crippen LogP contribution is -1.91. The molecular formula is C12H9Cl2N5. The SMILES string of the molecule is Nc1n[nH]c(-c2ccn[nH]2)c1-c1c(Cl)cccc1Cl. The lowest BCUT2D eigenvalue weighted by molar-refractivity contribution is 1.06. The molecule has 1 aromatic carbocycles. The molecule has 0 spiro atoms. The van der Waals surface area contributed by atoms with Crippen molar-refractivity contribution in [2.45, 2.75) is 0 Å². The highest BCUT2D eigenvalue weighted by atomic mass is 35.5. The van der Waals surface area contributed by atoms with Gasteiger partial charge in [0.05, 0.1) is 27.0 Å². The molecule has 0 saturated carbocycles. The predicted molar refractivity (Wildman–Crippen MR) is 76.0 cm³/mol. The molecule has 0 aliphatic heterocycles. The normalized spacial score (nSPS) is 10.8. The molecule has 0 saturated heterocycles. The number of benzene rings is 1. The van der Waals surface area contributed by atoms with Gasteiger partial charge in [-0.2, -0.15) is 10.2 Å². The third kappa shape index (κ3) is 1.97. The summed E-state index contributed by atoms with van der Waals surface area (Å²) in [5.41, 5.74) is 8.70. The number of aromatic nitrogens is 4. The van der Waals surface area contributed by atoms with Gasteiger partial charge in [-0.1, -0.05) is 29.3 Å². The first-order valence-corrected chi connectivity index (χ1v) is 6.22. The molecule has 0 aliphatic carbocycles. The number of rotatable bonds is 2. The van der Waals surface area contributed by atoms with Crippen LogP contribution in [0, 0.1) is 0 Å². The van der Waals surface area contributed by atoms with Gasteiger partial charge in [-0.25, -0.2) is 0 Å². The molecule has 3 rings (SSSR count). The van der Waals surface area contributed by atoms with Crippen molar-refractivity contribution in [1.29, 1.82) is 0 Å². The van der Waals surface area contributed by atoms with Gasteiger partial charge < -0.3 is 5.73 Å². The average Bonchev–Trinajstić information content (AvgIpc) is 2.99. The van der Waals surface area contributed by atoms with E-state index < -0.39 is 0 Å². The Bertz CT molecular complexity index is 698. The molecule has 0 aliphatic rings. The van der Waals surface area contributed by atoms with Gasteiger partial charge in [0.1, 0.15) is 0 Å². The molecule has 0 atom stereocenters. The Kier molecular flexibility index (Phi) is 2.93. The van der Waals surface area contributed by atoms with E-state index in [0.717, 1.165) is 5.69 Å². The molecule has 2 heterocycles. The summed E-state index contributed by atoms with van der Waals surface area (Å²) in [4.78, 5) is 0. The molecule has 0 amide bonds. The van der Waals surface area contributed by atoms with E-state index >= 15 is 0 Å². The van der Waals surface area contributed by atoms with Crippen LogP contribution in [0.5, 0.6) is 0 Å². The van der Waals surface area contributed by atoms with E-state index in [4.69, 9.17) is 28.9 Å². The number of halogens is 2. The first-order valence-electron chi connectivity index (χ1n) is 5.46. The molecule has 3 aromatic rings. The average molecular weight is 294 g/mol. The molecule has 0 radical (unpaired) electrons. The van der Waals surface area contributed by atoms with Gasteiger partial charge in [-0.15, -0.1) is 0 Å². The Morgan fingerprint density at radius 1 is 1.00 bits per heavy atom. The molecule has 5 nitrogen and oxygen atoms in total. The summed E-state index contributed by atoms with van der Waals surface area (Å²) >= 11 is 12.4. The van der Waals surface area contributed by atoms with E-state index in [1.807, 2.05) is 0 Å². The van der Waals surface area contributed by atoms with Gasteiger partial charge in [0, 0.05) is 11.8 Å². The van der Waals surface area contributed by atoms with Crippen molar-refractivity contribution < 1.29 is 0 Å². The molecule has 4 N–H and O–H groups in total. The second-order valence-electron chi connectivity index (χ2n) is 3.93. The summed E-state index contributed by atoms with van der Waals surface area (Å²) in [5, 5.41) is 14.7. The van der Waals surface area contributed by atoms with Crippen molar-refractivity contribution in [2.24, 2.45) is 0 Å². The molecule has 0 fully saturated rings. The quantitative estimate of drug-likeness (QED) is 0.677. The number of nitrogens with one attached hydrogen (secondary N) is 2. The third-order valence-electron chi connectivity index (χ3n) is 2.78. The molecule has 0 bridgehead atoms. The zero-order chi connectivity index (χ0) is 13.4. The Morgan fingerprint density at radius 2 is 1.74 bits per heavy atom. The third-order valence-corrected chi connectivity index (χ3v) is 3.41. The van der Waals surface area contributed by atoms with Gasteiger partial charge in [0.25, 0.3) is 0 Å². The summed E-state index contributed by atoms with van der Waals surface area (Å²) in [6, 6.07) is 7.10. The Balaban J connectivity index is 2.29. The van der Waals surface area contributed by atoms with Crippen molar-refractivity contribution in [1.82, 2.24) is 20.4 Å². The van der Waals surface area contributed by atoms with Crippen LogP contribution in [-0.4, -0.2) is 20.4 Å². The van der Waals surface area contributed by atoms with Crippen LogP contribution < -0.4 is 5.73 Å². The fourth-order valence-electron chi connectivity index (χ4n) is 1.94. The van der Waals surface area contributed by atoms with Gasteiger partial charge in [-0.05, 0) is 18.2 Å². The zero-order valence-corrected chi connectivity index (χ0v) is 11.1. The van der Waals surface area contributed by atoms with E-state index in [1.165, 1.54) is 0 Å². The van der Waals surface area contributed by atoms with Crippen molar-refractivity contribution in [3.8, 4) is 22.5 Å². The van der Waals surface area contributed by atoms with Gasteiger partial charge >= 0.3 is 0 Å². The fourth-order valence-corrected chi connectivity index (χ4v) is 2.52. The summed E-state index contributed by atoms with van der Waals surface area (Å²) in [5.74, 6) is 0.333. The van der Waals surface area contributed by atoms with Crippen molar-refractivity contribution in [3.63, 3.8) is 0 Å². The van der Waals surface area contributed by atoms with Crippen LogP contribution in [0.2, 0.25) is 10.0 Å². The Hall–Kier alpha value is -1.98. The number of hydrogen-bond acceptors (Lipinski definition) is 3. The lowest BCUT2D eigenvalue weighted by Gasteiger charge is -2.07. The summed E-state index contributed by atoms with van der Waals surface area (Å²) in [6.45, 7) is 0. The molecular weight excluding hydrogens is 285 g/mol. The molecule has 19 heavy (non-hydrogen) atoms. The second kappa shape index (κ2) is 4.60. The zero-order valence-electron chi connectivity index (χ0n) is 9.61. The minimum Gasteiger partial charge on any atom is -0.382 e. The van der Waals surface area contributed by atoms with Crippen LogP contribution in [-0.2, 0) is 0 Å². The molecule has 7 heteroatoms. The molecule has 2 aromatic heterocycles. The summed E-state index contributed by atoms with van der Waals surface area (Å²) in [6.07, 6.45) is 1.64. The van der Waals surface area contributed by atoms with E-state index in [9.17, 15) is 0 Å². The predicted octanol–water partition coefficient (Wildman–Crippen LogP) is 3.36. The maximum absolute atomic E-state index is 6.22. The highest BCUT2D eigenvalue weighted by Gasteiger charge is 2.20. The van der Waals surface area contributed by atoms with Gasteiger partial charge in [-0.3, -0.25) is 10.2 Å². The minimum atomic E-state index is 0.333. The minimum absolute atomic E-state index is 0.333. The number of H-pyrrole nitrogens is 2. The first-order chi connectivity index (χ1) is 9.18. The fraction of sp³-hybridized carbons (Fsp3) is 0. The molecule has 0 unspecified atom stereocenters. The number of nitrogens with zero attached hydrogens (tertiary/aromatic N) is 2. The lowest BCUT2D eigenvalue weighted by atomic mass is 10.0. The number of nitrogen functional groups attached to an aromatic ring is 1. The number of anilines is 1. The summed E-state index contributed by atoms with van der Waals surface area (Å²) < 4.78 is 0. The van der Waals surface area contributed by atoms with Gasteiger partial charge in [0.2, 0.25) is 0 Å². The highest BCUT2D eigenvalue weighted by molar-refractivity contribution is 6.39. The van der Waals surface area contributed by atoms with E-state index in [-0.39, 0.29) is 0 Å². The number of aromatic amines is 2. The second-order valence-corrected chi connectivity index (χ2v) is 4.74. The highest BCUT2D eigenvalue weighted by Crippen LogP contribution is 2.41. The van der Waals surface area contributed by atoms with Crippen LogP contribution in [0.1, 0.15) is 0 Å². The van der Waals surface area contributed by atoms with Crippen LogP contribution in [0.15, 0.2) is 30.5 Å². The van der Waals surface area contributed by atoms with Crippen LogP contribution >= 0.6 is 23.2 Å². The van der Waals surface area contributed by atoms with E-state index in [1.54, 1.807) is 30.5 Å². The maximum atomic E-state index is 6.22. The van der Waals surface area contributed by atoms with E-state index in [0.29, 0.717) is 32.7 Å². The van der Waals surface area contributed by atoms with E-state index in [2.05, 4.69) is 20.4 Å². The number of nitrogens with two attached hydrogens (primary N) is 1. The molecule has 96 valence electrons. The van der Waals surface area contributed by atoms with Crippen molar-refractivity contribution >= 4 is 29.0 Å². The Labute approximate surface area is 118 Å². The van der Waals surface area contributed by atoms with Gasteiger partial charge in [0.15, 0.2) is 5.82 Å². The van der Waals surface area contributed by atoms with Crippen LogP contribution in [0.3, 0.4) is 0 Å². The first kappa shape index (κ1) is 12.1. The summed E-state index contributed by atoms with van der Waals surface area (Å²) in [7, 11) is 0. The smallest absolute Gasteiger partial charge is 0.153 e. The maximum Gasteiger partial charge on any atom is 0.153 e. The Morgan fingerprint density at radius 3 is 2.37 bits per heavy atom. The van der Waals surface area contributed by atoms with Crippen molar-refractivity contribution in [3.05, 3.63) is 40.5 Å². The van der Waals surface area contributed by atoms with Crippen LogP contribution in [0.4, 0.5) is 5.82 Å². The monoisotopic (exact) mass is 293 g/mol. The topological polar surface area (TPSA) is 83.4 Å². The number of hydrogen-bond donors (Lipinski definition) is 3. The largest absolute Gasteiger partial charge is 0.382 e. The van der Waals surface area contributed by atoms with Crippen molar-refractivity contribution in [2.75, 3.05) is 5.73 Å².